The first kappa shape index (κ1) is 10.6. The molecule has 0 aromatic heterocycles. The summed E-state index contributed by atoms with van der Waals surface area (Å²) in [4.78, 5) is 11.0. The summed E-state index contributed by atoms with van der Waals surface area (Å²) in [6.07, 6.45) is -1.31. The van der Waals surface area contributed by atoms with Crippen molar-refractivity contribution in [3.63, 3.8) is 0 Å². The van der Waals surface area contributed by atoms with Gasteiger partial charge in [0.2, 0.25) is 0 Å². The molecule has 0 saturated heterocycles. The maximum Gasteiger partial charge on any atom is 0.552 e. The molecule has 0 spiro atoms. The topological polar surface area (TPSA) is 57.5 Å². The summed E-state index contributed by atoms with van der Waals surface area (Å²) in [6, 6.07) is 12.6. The summed E-state index contributed by atoms with van der Waals surface area (Å²) in [7, 11) is 1.23. The Morgan fingerprint density at radius 1 is 1.12 bits per heavy atom. The second-order valence-corrected chi connectivity index (χ2v) is 3.74. The molecule has 0 fully saturated rings. The predicted molar refractivity (Wildman–Crippen MR) is 61.5 cm³/mol. The molecule has 0 saturated carbocycles. The SMILES string of the molecule is C[N+](O)(C(=O)O)c1cccc2ccccc12. The van der Waals surface area contributed by atoms with Gasteiger partial charge in [0, 0.05) is 11.5 Å². The van der Waals surface area contributed by atoms with Crippen molar-refractivity contribution in [1.29, 1.82) is 0 Å². The van der Waals surface area contributed by atoms with E-state index in [0.717, 1.165) is 10.8 Å². The molecule has 0 aliphatic carbocycles. The maximum absolute atomic E-state index is 11.0. The molecule has 1 unspecified atom stereocenters. The average molecular weight is 218 g/mol. The van der Waals surface area contributed by atoms with Crippen LogP contribution in [0.4, 0.5) is 10.5 Å². The van der Waals surface area contributed by atoms with Crippen molar-refractivity contribution in [3.8, 4) is 0 Å². The Hall–Kier alpha value is -1.91. The molecule has 2 N–H and O–H groups in total. The molecular weight excluding hydrogens is 206 g/mol. The van der Waals surface area contributed by atoms with Crippen molar-refractivity contribution in [2.75, 3.05) is 7.05 Å². The van der Waals surface area contributed by atoms with Crippen LogP contribution in [0.3, 0.4) is 0 Å². The number of rotatable bonds is 1. The zero-order valence-corrected chi connectivity index (χ0v) is 8.79. The van der Waals surface area contributed by atoms with Gasteiger partial charge >= 0.3 is 6.09 Å². The van der Waals surface area contributed by atoms with Crippen molar-refractivity contribution >= 4 is 22.6 Å². The number of amides is 1. The van der Waals surface area contributed by atoms with Gasteiger partial charge in [-0.25, -0.2) is 5.21 Å². The van der Waals surface area contributed by atoms with E-state index >= 15 is 0 Å². The zero-order chi connectivity index (χ0) is 11.8. The van der Waals surface area contributed by atoms with Gasteiger partial charge in [-0.2, -0.15) is 4.79 Å². The molecule has 0 aliphatic rings. The van der Waals surface area contributed by atoms with E-state index in [1.807, 2.05) is 24.3 Å². The Labute approximate surface area is 92.5 Å². The van der Waals surface area contributed by atoms with Crippen LogP contribution < -0.4 is 4.65 Å². The molecule has 2 aromatic carbocycles. The predicted octanol–water partition coefficient (Wildman–Crippen LogP) is 2.84. The lowest BCUT2D eigenvalue weighted by Crippen LogP contribution is -2.46. The summed E-state index contributed by atoms with van der Waals surface area (Å²) in [5.41, 5.74) is 0.352. The second-order valence-electron chi connectivity index (χ2n) is 3.74. The van der Waals surface area contributed by atoms with Crippen LogP contribution in [0, 0.1) is 0 Å². The van der Waals surface area contributed by atoms with Gasteiger partial charge in [-0.15, -0.1) is 0 Å². The highest BCUT2D eigenvalue weighted by molar-refractivity contribution is 5.97. The Morgan fingerprint density at radius 2 is 1.75 bits per heavy atom. The number of hydrogen-bond donors (Lipinski definition) is 2. The molecule has 4 heteroatoms. The lowest BCUT2D eigenvalue weighted by atomic mass is 10.1. The van der Waals surface area contributed by atoms with Crippen LogP contribution in [0.15, 0.2) is 42.5 Å². The number of carbonyl (C=O) groups is 1. The van der Waals surface area contributed by atoms with Crippen LogP contribution in [-0.2, 0) is 0 Å². The Morgan fingerprint density at radius 3 is 2.44 bits per heavy atom. The Kier molecular flexibility index (Phi) is 2.38. The molecule has 82 valence electrons. The Bertz CT molecular complexity index is 543. The number of benzene rings is 2. The Balaban J connectivity index is 2.74. The molecular formula is C12H12NO3+. The number of fused-ring (bicyclic) bond motifs is 1. The maximum atomic E-state index is 11.0. The third kappa shape index (κ3) is 1.54. The van der Waals surface area contributed by atoms with Gasteiger partial charge < -0.3 is 5.11 Å². The largest absolute Gasteiger partial charge is 0.552 e. The van der Waals surface area contributed by atoms with Crippen molar-refractivity contribution < 1.29 is 15.1 Å². The number of hydrogen-bond acceptors (Lipinski definition) is 2. The van der Waals surface area contributed by atoms with Crippen LogP contribution in [0.25, 0.3) is 10.8 Å². The molecule has 0 bridgehead atoms. The first-order valence-corrected chi connectivity index (χ1v) is 4.84. The minimum Gasteiger partial charge on any atom is -0.433 e. The van der Waals surface area contributed by atoms with Crippen molar-refractivity contribution in [2.24, 2.45) is 0 Å². The number of hydroxylamine groups is 2. The van der Waals surface area contributed by atoms with Crippen LogP contribution in [0.2, 0.25) is 0 Å². The summed E-state index contributed by atoms with van der Waals surface area (Å²) >= 11 is 0. The summed E-state index contributed by atoms with van der Waals surface area (Å²) in [5.74, 6) is 0. The third-order valence-electron chi connectivity index (χ3n) is 2.61. The molecule has 1 amide bonds. The van der Waals surface area contributed by atoms with Gasteiger partial charge in [0.15, 0.2) is 5.69 Å². The number of quaternary nitrogens is 1. The van der Waals surface area contributed by atoms with Crippen molar-refractivity contribution in [3.05, 3.63) is 42.5 Å². The van der Waals surface area contributed by atoms with Gasteiger partial charge in [0.05, 0.1) is 0 Å². The lowest BCUT2D eigenvalue weighted by Gasteiger charge is -2.19. The fourth-order valence-electron chi connectivity index (χ4n) is 1.69. The summed E-state index contributed by atoms with van der Waals surface area (Å²) in [6.45, 7) is 0. The smallest absolute Gasteiger partial charge is 0.433 e. The van der Waals surface area contributed by atoms with E-state index in [9.17, 15) is 10.0 Å². The quantitative estimate of drug-likeness (QED) is 0.439. The fourth-order valence-corrected chi connectivity index (χ4v) is 1.69. The molecule has 0 radical (unpaired) electrons. The lowest BCUT2D eigenvalue weighted by molar-refractivity contribution is -0.0323. The normalized spacial score (nSPS) is 14.6. The standard InChI is InChI=1S/C12H11NO3/c1-13(16,12(14)15)11-8-4-6-9-5-2-3-7-10(9)11/h2-8,16H,1H3/p+1. The van der Waals surface area contributed by atoms with E-state index < -0.39 is 10.7 Å². The minimum atomic E-state index is -1.31. The molecule has 0 aliphatic heterocycles. The van der Waals surface area contributed by atoms with Gasteiger partial charge in [-0.05, 0) is 11.5 Å². The van der Waals surface area contributed by atoms with Gasteiger partial charge in [-0.3, -0.25) is 0 Å². The van der Waals surface area contributed by atoms with E-state index in [-0.39, 0.29) is 0 Å². The second kappa shape index (κ2) is 3.59. The molecule has 1 atom stereocenters. The number of nitrogens with zero attached hydrogens (tertiary/aromatic N) is 1. The summed E-state index contributed by atoms with van der Waals surface area (Å²) < 4.78 is -1.17. The van der Waals surface area contributed by atoms with E-state index in [2.05, 4.69) is 0 Å². The van der Waals surface area contributed by atoms with Crippen LogP contribution in [0.1, 0.15) is 0 Å². The van der Waals surface area contributed by atoms with Crippen molar-refractivity contribution in [1.82, 2.24) is 4.65 Å². The molecule has 16 heavy (non-hydrogen) atoms. The third-order valence-corrected chi connectivity index (χ3v) is 2.61. The minimum absolute atomic E-state index is 0.352. The first-order valence-electron chi connectivity index (χ1n) is 4.84. The highest BCUT2D eigenvalue weighted by atomic mass is 16.6. The number of carboxylic acid groups (broad SMARTS) is 1. The van der Waals surface area contributed by atoms with Crippen LogP contribution in [-0.4, -0.2) is 23.5 Å². The summed E-state index contributed by atoms with van der Waals surface area (Å²) in [5, 5.41) is 20.5. The van der Waals surface area contributed by atoms with Gasteiger partial charge in [0.25, 0.3) is 0 Å². The molecule has 4 nitrogen and oxygen atoms in total. The zero-order valence-electron chi connectivity index (χ0n) is 8.79. The monoisotopic (exact) mass is 218 g/mol. The first-order chi connectivity index (χ1) is 7.53. The van der Waals surface area contributed by atoms with E-state index in [1.165, 1.54) is 7.05 Å². The van der Waals surface area contributed by atoms with Crippen molar-refractivity contribution in [2.45, 2.75) is 0 Å². The average Bonchev–Trinajstić information content (AvgIpc) is 2.28. The van der Waals surface area contributed by atoms with E-state index in [4.69, 9.17) is 5.11 Å². The van der Waals surface area contributed by atoms with Gasteiger partial charge in [-0.1, -0.05) is 35.0 Å². The fraction of sp³-hybridized carbons (Fsp3) is 0.0833. The molecule has 2 aromatic rings. The highest BCUT2D eigenvalue weighted by Crippen LogP contribution is 2.29. The van der Waals surface area contributed by atoms with Gasteiger partial charge in [0.1, 0.15) is 7.05 Å². The van der Waals surface area contributed by atoms with Crippen LogP contribution >= 0.6 is 0 Å². The van der Waals surface area contributed by atoms with Crippen LogP contribution in [0.5, 0.6) is 0 Å². The molecule has 0 heterocycles. The van der Waals surface area contributed by atoms with E-state index in [1.54, 1.807) is 18.2 Å². The molecule has 2 rings (SSSR count). The highest BCUT2D eigenvalue weighted by Gasteiger charge is 2.34. The van der Waals surface area contributed by atoms with E-state index in [0.29, 0.717) is 5.69 Å².